The number of aromatic amines is 1. The van der Waals surface area contributed by atoms with Crippen molar-refractivity contribution >= 4 is 147 Å². The Hall–Kier alpha value is -14.2. The maximum Gasteiger partial charge on any atom is 0.329 e. The van der Waals surface area contributed by atoms with Crippen molar-refractivity contribution in [2.75, 3.05) is 51.0 Å². The Kier molecular flexibility index (Phi) is 41.5. The van der Waals surface area contributed by atoms with Crippen LogP contribution in [0, 0.1) is 5.92 Å². The van der Waals surface area contributed by atoms with Gasteiger partial charge in [0, 0.05) is 73.9 Å². The number of aliphatic hydroxyl groups excluding tert-OH is 1. The zero-order chi connectivity index (χ0) is 93.6. The summed E-state index contributed by atoms with van der Waals surface area (Å²) in [5.74, 6) is -30.8. The second kappa shape index (κ2) is 51.0. The first kappa shape index (κ1) is 102. The van der Waals surface area contributed by atoms with E-state index in [0.717, 1.165) is 52.9 Å². The number of fused-ring (bicyclic) bond motifs is 1. The first-order valence-electron chi connectivity index (χ1n) is 40.4. The van der Waals surface area contributed by atoms with E-state index in [1.165, 1.54) is 30.3 Å². The molecule has 1 aliphatic rings. The smallest absolute Gasteiger partial charge is 0.329 e. The van der Waals surface area contributed by atoms with Crippen LogP contribution in [-0.4, -0.2) is 268 Å². The van der Waals surface area contributed by atoms with E-state index < -0.39 is 267 Å². The number of carboxylic acid groups (broad SMARTS) is 4. The van der Waals surface area contributed by atoms with Crippen LogP contribution in [-0.2, 0) is 102 Å². The molecule has 1 aliphatic heterocycles. The van der Waals surface area contributed by atoms with Crippen molar-refractivity contribution in [3.8, 4) is 0 Å². The molecule has 686 valence electrons. The fraction of sp³-hybridized carbons (Fsp3) is 0.494. The number of ketones is 1. The number of nitrogens with one attached hydrogen (secondary N) is 15. The number of hydrogen-bond acceptors (Lipinski definition) is 25. The number of aliphatic hydroxyl groups is 1. The molecule has 13 atom stereocenters. The van der Waals surface area contributed by atoms with Gasteiger partial charge < -0.3 is 126 Å². The number of nitrogens with zero attached hydrogens (tertiary/aromatic N) is 1. The van der Waals surface area contributed by atoms with E-state index in [2.05, 4.69) is 70.4 Å². The number of carbonyl (C=O) groups excluding carboxylic acids is 17. The van der Waals surface area contributed by atoms with Gasteiger partial charge in [0.25, 0.3) is 5.91 Å². The lowest BCUT2D eigenvalue weighted by Gasteiger charge is -2.30. The highest BCUT2D eigenvalue weighted by molar-refractivity contribution is 6.06. The predicted octanol–water partition coefficient (Wildman–Crippen LogP) is -4.08. The van der Waals surface area contributed by atoms with E-state index in [1.807, 2.05) is 16.0 Å². The molecule has 45 heteroatoms. The van der Waals surface area contributed by atoms with Crippen LogP contribution in [0.3, 0.4) is 0 Å². The predicted molar refractivity (Wildman–Crippen MR) is 444 cm³/mol. The Labute approximate surface area is 721 Å². The van der Waals surface area contributed by atoms with Gasteiger partial charge in [-0.15, -0.1) is 0 Å². The highest BCUT2D eigenvalue weighted by Gasteiger charge is 2.41. The maximum atomic E-state index is 15.0. The summed E-state index contributed by atoms with van der Waals surface area (Å²) in [5.41, 5.74) is 13.1. The average molecular weight is 1770 g/mol. The number of amides is 15. The average Bonchev–Trinajstić information content (AvgIpc) is 1.69. The molecule has 126 heavy (non-hydrogen) atoms. The number of cyclic esters (lactones) is 1. The third-order valence-electron chi connectivity index (χ3n) is 19.8. The number of unbranched alkanes of at least 4 members (excludes halogenated alkanes) is 6. The van der Waals surface area contributed by atoms with Crippen LogP contribution >= 0.6 is 0 Å². The first-order valence-corrected chi connectivity index (χ1v) is 40.4. The number of primary amides is 1. The van der Waals surface area contributed by atoms with Gasteiger partial charge in [-0.2, -0.15) is 0 Å². The topological polar surface area (TPSA) is 708 Å². The van der Waals surface area contributed by atoms with E-state index in [1.54, 1.807) is 67.7 Å². The van der Waals surface area contributed by atoms with E-state index in [-0.39, 0.29) is 42.6 Å². The zero-order valence-corrected chi connectivity index (χ0v) is 70.2. The molecule has 0 radical (unpaired) electrons. The molecule has 0 saturated carbocycles. The van der Waals surface area contributed by atoms with E-state index >= 15 is 4.79 Å². The van der Waals surface area contributed by atoms with Crippen LogP contribution in [0.25, 0.3) is 10.9 Å². The molecule has 45 nitrogen and oxygen atoms in total. The minimum atomic E-state index is -2.50. The Balaban J connectivity index is 1.64. The summed E-state index contributed by atoms with van der Waals surface area (Å²) >= 11 is 0. The van der Waals surface area contributed by atoms with Gasteiger partial charge in [-0.05, 0) is 74.9 Å². The van der Waals surface area contributed by atoms with Gasteiger partial charge >= 0.3 is 29.8 Å². The van der Waals surface area contributed by atoms with Gasteiger partial charge in [0.05, 0.1) is 57.4 Å². The van der Waals surface area contributed by atoms with Crippen molar-refractivity contribution in [2.24, 2.45) is 11.7 Å². The number of anilines is 2. The second-order valence-corrected chi connectivity index (χ2v) is 30.1. The Bertz CT molecular complexity index is 4630. The molecule has 5 rings (SSSR count). The number of rotatable bonds is 38. The van der Waals surface area contributed by atoms with Crippen LogP contribution in [0.2, 0.25) is 0 Å². The number of carbonyl (C=O) groups is 21. The number of nitrogen functional groups attached to an aromatic ring is 1. The number of Topliss-reactive ketones (excluding diaryl/α,β-unsaturated/α-hetero) is 1. The number of nitrogens with two attached hydrogens (primary N) is 2. The monoisotopic (exact) mass is 1770 g/mol. The second-order valence-electron chi connectivity index (χ2n) is 30.1. The van der Waals surface area contributed by atoms with Crippen LogP contribution in [0.1, 0.15) is 157 Å². The quantitative estimate of drug-likeness (QED) is 0.00878. The first-order chi connectivity index (χ1) is 59.6. The number of para-hydroxylation sites is 3. The van der Waals surface area contributed by atoms with Crippen LogP contribution in [0.5, 0.6) is 0 Å². The number of ether oxygens (including phenoxy) is 1. The van der Waals surface area contributed by atoms with Crippen molar-refractivity contribution in [1.82, 2.24) is 79.4 Å². The van der Waals surface area contributed by atoms with Gasteiger partial charge in [-0.1, -0.05) is 94.8 Å². The van der Waals surface area contributed by atoms with Gasteiger partial charge in [0.1, 0.15) is 72.6 Å². The molecule has 4 aromatic rings. The summed E-state index contributed by atoms with van der Waals surface area (Å²) in [4.78, 5) is 295. The standard InChI is InChI=1S/C81H110N18O27/c1-7-8-9-10-11-12-13-28-61(103)90-51(31-44-37-85-49-25-18-15-21-45(44)49)75(119)93-52(33-60(83)102)76(120)95-55(36-67(112)113)77(121)98-69-43(4)126-81(125)56(32-59(101)46-22-14-17-24-48(46)82)96-80(124)68(41(2)30-64(106)107)97-78(122)57(40-100)91-63(105)38-86-72(116)53(34-65(108)109)92-70(114)42(3)88-74(118)54(35-66(110)111)94-73(117)50(89-62(104)39-87-79(69)123)26-20-29-84-71(115)47-23-16-19-27-58(47)99(5)6/h14-19,21-25,27,37,41-43,50-57,68-69,85,100H,7-13,20,26,28-36,38-40,82H2,1-6H3,(H2,83,102)(H,84,115)(H,86,116)(H,87,123)(H,88,118)(H,89,104)(H,90,103)(H,91,105)(H,92,114)(H,93,119)(H,94,117)(H,95,120)(H,96,124)(H,97,122)(H,98,121)(H,106,107)(H,108,109)(H,110,111)(H,112,113). The molecule has 0 bridgehead atoms. The van der Waals surface area contributed by atoms with Gasteiger partial charge in [-0.3, -0.25) is 95.9 Å². The number of benzene rings is 3. The Morgan fingerprint density at radius 1 is 0.540 bits per heavy atom. The molecular weight excluding hydrogens is 1660 g/mol. The third-order valence-corrected chi connectivity index (χ3v) is 19.8. The number of hydrogen-bond donors (Lipinski definition) is 22. The van der Waals surface area contributed by atoms with Crippen molar-refractivity contribution in [1.29, 1.82) is 0 Å². The fourth-order valence-corrected chi connectivity index (χ4v) is 13.1. The molecule has 0 aliphatic carbocycles. The number of carboxylic acids is 4. The fourth-order valence-electron chi connectivity index (χ4n) is 13.1. The molecule has 1 saturated heterocycles. The van der Waals surface area contributed by atoms with E-state index in [0.29, 0.717) is 35.0 Å². The lowest BCUT2D eigenvalue weighted by atomic mass is 9.96. The van der Waals surface area contributed by atoms with E-state index in [4.69, 9.17) is 16.2 Å². The molecule has 13 unspecified atom stereocenters. The normalized spacial score (nSPS) is 20.3. The van der Waals surface area contributed by atoms with Gasteiger partial charge in [-0.25, -0.2) is 4.79 Å². The summed E-state index contributed by atoms with van der Waals surface area (Å²) in [6, 6.07) is -4.67. The van der Waals surface area contributed by atoms with Crippen LogP contribution in [0.15, 0.2) is 79.0 Å². The summed E-state index contributed by atoms with van der Waals surface area (Å²) in [6.45, 7) is 0.900. The van der Waals surface area contributed by atoms with Gasteiger partial charge in [0.2, 0.25) is 82.7 Å². The molecule has 0 spiro atoms. The molecule has 24 N–H and O–H groups in total. The summed E-state index contributed by atoms with van der Waals surface area (Å²) in [6.07, 6.45) is -2.88. The molecule has 3 aromatic carbocycles. The van der Waals surface area contributed by atoms with Gasteiger partial charge in [0.15, 0.2) is 5.78 Å². The number of H-pyrrole nitrogens is 1. The molecule has 15 amide bonds. The van der Waals surface area contributed by atoms with Crippen molar-refractivity contribution in [3.63, 3.8) is 0 Å². The van der Waals surface area contributed by atoms with Crippen molar-refractivity contribution in [3.05, 3.63) is 95.7 Å². The maximum absolute atomic E-state index is 15.0. The summed E-state index contributed by atoms with van der Waals surface area (Å²) < 4.78 is 5.73. The largest absolute Gasteiger partial charge is 0.481 e. The molecule has 2 heterocycles. The van der Waals surface area contributed by atoms with Crippen LogP contribution in [0.4, 0.5) is 11.4 Å². The molecular formula is C81H110N18O27. The Morgan fingerprint density at radius 3 is 1.69 bits per heavy atom. The lowest BCUT2D eigenvalue weighted by molar-refractivity contribution is -0.156. The lowest BCUT2D eigenvalue weighted by Crippen LogP contribution is -2.62. The third kappa shape index (κ3) is 33.9. The number of aliphatic carboxylic acids is 4. The molecule has 1 fully saturated rings. The minimum absolute atomic E-state index is 0.0301. The highest BCUT2D eigenvalue weighted by atomic mass is 16.5. The highest BCUT2D eigenvalue weighted by Crippen LogP contribution is 2.23. The number of aromatic nitrogens is 1. The summed E-state index contributed by atoms with van der Waals surface area (Å²) in [7, 11) is 3.32. The summed E-state index contributed by atoms with van der Waals surface area (Å²) in [5, 5.41) is 82.0. The van der Waals surface area contributed by atoms with E-state index in [9.17, 15) is 121 Å². The SMILES string of the molecule is CCCCCCCCCC(=O)NC(Cc1c[nH]c2ccccc12)C(=O)NC(CC(N)=O)C(=O)NC(CC(=O)O)C(=O)NC1C(=O)NCC(=O)NC(CCCNC(=O)c2ccccc2N(C)C)C(=O)NC(CC(=O)O)C(=O)NC(C)C(=O)NC(CC(=O)O)C(=O)NCC(=O)NC(CO)C(=O)NC(C(C)CC(=O)O)C(=O)NC(CC(=O)c2ccccc2N)C(=O)OC1C. The number of esters is 1. The van der Waals surface area contributed by atoms with Crippen molar-refractivity contribution < 1.29 is 131 Å². The minimum Gasteiger partial charge on any atom is -0.481 e. The Morgan fingerprint density at radius 2 is 1.08 bits per heavy atom. The van der Waals surface area contributed by atoms with Crippen LogP contribution < -0.4 is 90.8 Å². The molecule has 1 aromatic heterocycles. The zero-order valence-electron chi connectivity index (χ0n) is 70.2. The van der Waals surface area contributed by atoms with Crippen molar-refractivity contribution in [2.45, 2.75) is 209 Å².